The quantitative estimate of drug-likeness (QED) is 0.824. The van der Waals surface area contributed by atoms with Gasteiger partial charge in [0.05, 0.1) is 6.61 Å². The van der Waals surface area contributed by atoms with Crippen molar-refractivity contribution in [1.82, 2.24) is 4.90 Å². The lowest BCUT2D eigenvalue weighted by Crippen LogP contribution is -2.29. The van der Waals surface area contributed by atoms with Gasteiger partial charge in [0, 0.05) is 0 Å². The highest BCUT2D eigenvalue weighted by molar-refractivity contribution is 5.85. The average Bonchev–Trinajstić information content (AvgIpc) is 2.25. The summed E-state index contributed by atoms with van der Waals surface area (Å²) in [5, 5.41) is 9.93. The molecular weight excluding hydrogens is 238 g/mol. The molecule has 0 bridgehead atoms. The Hall–Kier alpha value is -0.610. The molecule has 1 N–H and O–H groups in total. The first-order chi connectivity index (χ1) is 7.50. The molecule has 1 rings (SSSR count). The van der Waals surface area contributed by atoms with E-state index in [-0.39, 0.29) is 18.6 Å². The van der Waals surface area contributed by atoms with Gasteiger partial charge in [-0.3, -0.25) is 4.90 Å². The van der Waals surface area contributed by atoms with E-state index in [1.807, 2.05) is 57.1 Å². The summed E-state index contributed by atoms with van der Waals surface area (Å²) >= 11 is 0. The van der Waals surface area contributed by atoms with Crippen LogP contribution in [0.1, 0.15) is 24.2 Å². The third-order valence-electron chi connectivity index (χ3n) is 2.65. The van der Waals surface area contributed by atoms with Gasteiger partial charge in [-0.15, -0.1) is 12.4 Å². The highest BCUT2D eigenvalue weighted by Gasteiger charge is 2.11. The van der Waals surface area contributed by atoms with Crippen molar-refractivity contribution in [3.05, 3.63) is 35.4 Å². The van der Waals surface area contributed by atoms with Crippen LogP contribution in [-0.2, 0) is 4.74 Å². The first-order valence-corrected chi connectivity index (χ1v) is 5.53. The smallest absolute Gasteiger partial charge is 0.107 e. The van der Waals surface area contributed by atoms with Crippen molar-refractivity contribution in [2.24, 2.45) is 0 Å². The van der Waals surface area contributed by atoms with Gasteiger partial charge in [-0.1, -0.05) is 29.8 Å². The van der Waals surface area contributed by atoms with Gasteiger partial charge in [-0.2, -0.15) is 0 Å². The van der Waals surface area contributed by atoms with E-state index in [9.17, 15) is 5.11 Å². The van der Waals surface area contributed by atoms with E-state index >= 15 is 0 Å². The maximum atomic E-state index is 9.93. The van der Waals surface area contributed by atoms with Gasteiger partial charge in [0.15, 0.2) is 0 Å². The molecule has 0 spiro atoms. The molecular formula is C13H22ClNO2. The van der Waals surface area contributed by atoms with Gasteiger partial charge >= 0.3 is 0 Å². The molecule has 0 fully saturated rings. The second-order valence-electron chi connectivity index (χ2n) is 4.33. The maximum absolute atomic E-state index is 9.93. The standard InChI is InChI=1S/C13H21NO2.ClH/c1-10-6-5-7-12(8-10)13(15)9-16-11(2)14(3)4;/h5-8,11,13,15H,9H2,1-4H3;1H. The molecule has 0 aromatic heterocycles. The van der Waals surface area contributed by atoms with E-state index in [2.05, 4.69) is 0 Å². The lowest BCUT2D eigenvalue weighted by molar-refractivity contribution is -0.0602. The first kappa shape index (κ1) is 16.4. The van der Waals surface area contributed by atoms with Gasteiger partial charge in [0.1, 0.15) is 12.3 Å². The third-order valence-corrected chi connectivity index (χ3v) is 2.65. The highest BCUT2D eigenvalue weighted by atomic mass is 35.5. The minimum atomic E-state index is -0.553. The zero-order valence-electron chi connectivity index (χ0n) is 10.9. The van der Waals surface area contributed by atoms with Crippen LogP contribution >= 0.6 is 12.4 Å². The summed E-state index contributed by atoms with van der Waals surface area (Å²) < 4.78 is 5.54. The SMILES string of the molecule is Cc1cccc(C(O)COC(C)N(C)C)c1.Cl. The van der Waals surface area contributed by atoms with E-state index in [0.717, 1.165) is 11.1 Å². The fraction of sp³-hybridized carbons (Fsp3) is 0.538. The van der Waals surface area contributed by atoms with Crippen LogP contribution in [0.15, 0.2) is 24.3 Å². The number of aliphatic hydroxyl groups is 1. The Bertz CT molecular complexity index is 331. The van der Waals surface area contributed by atoms with Crippen molar-refractivity contribution in [1.29, 1.82) is 0 Å². The Morgan fingerprint density at radius 1 is 1.35 bits per heavy atom. The number of aliphatic hydroxyl groups excluding tert-OH is 1. The van der Waals surface area contributed by atoms with Crippen LogP contribution in [-0.4, -0.2) is 36.9 Å². The maximum Gasteiger partial charge on any atom is 0.107 e. The van der Waals surface area contributed by atoms with Crippen LogP contribution in [0.25, 0.3) is 0 Å². The summed E-state index contributed by atoms with van der Waals surface area (Å²) in [7, 11) is 3.90. The largest absolute Gasteiger partial charge is 0.386 e. The second-order valence-corrected chi connectivity index (χ2v) is 4.33. The number of halogens is 1. The monoisotopic (exact) mass is 259 g/mol. The van der Waals surface area contributed by atoms with Crippen molar-refractivity contribution in [3.8, 4) is 0 Å². The number of aryl methyl sites for hydroxylation is 1. The summed E-state index contributed by atoms with van der Waals surface area (Å²) in [5.74, 6) is 0. The molecule has 4 heteroatoms. The number of rotatable bonds is 5. The van der Waals surface area contributed by atoms with Crippen molar-refractivity contribution in [2.75, 3.05) is 20.7 Å². The zero-order valence-corrected chi connectivity index (χ0v) is 11.7. The number of ether oxygens (including phenoxy) is 1. The van der Waals surface area contributed by atoms with Gasteiger partial charge in [0.25, 0.3) is 0 Å². The fourth-order valence-electron chi connectivity index (χ4n) is 1.35. The predicted molar refractivity (Wildman–Crippen MR) is 72.5 cm³/mol. The summed E-state index contributed by atoms with van der Waals surface area (Å²) in [4.78, 5) is 1.96. The predicted octanol–water partition coefficient (Wildman–Crippen LogP) is 2.37. The van der Waals surface area contributed by atoms with E-state index < -0.39 is 6.10 Å². The Kier molecular flexibility index (Phi) is 7.39. The summed E-state index contributed by atoms with van der Waals surface area (Å²) in [6.45, 7) is 4.30. The van der Waals surface area contributed by atoms with Crippen LogP contribution in [0.5, 0.6) is 0 Å². The molecule has 2 unspecified atom stereocenters. The van der Waals surface area contributed by atoms with Crippen LogP contribution < -0.4 is 0 Å². The van der Waals surface area contributed by atoms with Crippen molar-refractivity contribution in [2.45, 2.75) is 26.2 Å². The molecule has 0 heterocycles. The van der Waals surface area contributed by atoms with Crippen LogP contribution in [0.3, 0.4) is 0 Å². The highest BCUT2D eigenvalue weighted by Crippen LogP contribution is 2.15. The number of hydrogen-bond donors (Lipinski definition) is 1. The molecule has 0 saturated heterocycles. The van der Waals surface area contributed by atoms with Crippen LogP contribution in [0, 0.1) is 6.92 Å². The molecule has 0 amide bonds. The van der Waals surface area contributed by atoms with Crippen LogP contribution in [0.2, 0.25) is 0 Å². The van der Waals surface area contributed by atoms with E-state index in [1.54, 1.807) is 0 Å². The first-order valence-electron chi connectivity index (χ1n) is 5.53. The topological polar surface area (TPSA) is 32.7 Å². The lowest BCUT2D eigenvalue weighted by Gasteiger charge is -2.22. The van der Waals surface area contributed by atoms with Gasteiger partial charge in [-0.05, 0) is 33.5 Å². The van der Waals surface area contributed by atoms with E-state index in [0.29, 0.717) is 6.61 Å². The Morgan fingerprint density at radius 2 is 2.00 bits per heavy atom. The lowest BCUT2D eigenvalue weighted by atomic mass is 10.1. The van der Waals surface area contributed by atoms with E-state index in [1.165, 1.54) is 0 Å². The van der Waals surface area contributed by atoms with Crippen molar-refractivity contribution >= 4 is 12.4 Å². The molecule has 0 saturated carbocycles. The Labute approximate surface area is 110 Å². The average molecular weight is 260 g/mol. The summed E-state index contributed by atoms with van der Waals surface area (Å²) in [5.41, 5.74) is 2.06. The molecule has 3 nitrogen and oxygen atoms in total. The molecule has 0 aliphatic heterocycles. The Morgan fingerprint density at radius 3 is 2.53 bits per heavy atom. The van der Waals surface area contributed by atoms with Crippen molar-refractivity contribution in [3.63, 3.8) is 0 Å². The molecule has 1 aromatic rings. The van der Waals surface area contributed by atoms with Crippen molar-refractivity contribution < 1.29 is 9.84 Å². The molecule has 1 aromatic carbocycles. The third kappa shape index (κ3) is 5.50. The van der Waals surface area contributed by atoms with Gasteiger partial charge < -0.3 is 9.84 Å². The minimum Gasteiger partial charge on any atom is -0.386 e. The number of nitrogens with zero attached hydrogens (tertiary/aromatic N) is 1. The second kappa shape index (κ2) is 7.67. The fourth-order valence-corrected chi connectivity index (χ4v) is 1.35. The normalized spacial score (nSPS) is 14.2. The number of hydrogen-bond acceptors (Lipinski definition) is 3. The van der Waals surface area contributed by atoms with Gasteiger partial charge in [0.2, 0.25) is 0 Å². The molecule has 0 aliphatic carbocycles. The zero-order chi connectivity index (χ0) is 12.1. The molecule has 0 aliphatic rings. The minimum absolute atomic E-state index is 0. The molecule has 2 atom stereocenters. The van der Waals surface area contributed by atoms with E-state index in [4.69, 9.17) is 4.74 Å². The number of benzene rings is 1. The van der Waals surface area contributed by atoms with Gasteiger partial charge in [-0.25, -0.2) is 0 Å². The Balaban J connectivity index is 0.00000256. The summed E-state index contributed by atoms with van der Waals surface area (Å²) in [6.07, 6.45) is -0.540. The summed E-state index contributed by atoms with van der Waals surface area (Å²) in [6, 6.07) is 7.86. The molecule has 98 valence electrons. The molecule has 0 radical (unpaired) electrons. The molecule has 17 heavy (non-hydrogen) atoms. The van der Waals surface area contributed by atoms with Crippen LogP contribution in [0.4, 0.5) is 0 Å².